The Labute approximate surface area is 112 Å². The highest BCUT2D eigenvalue weighted by atomic mass is 16.7. The third kappa shape index (κ3) is 3.09. The van der Waals surface area contributed by atoms with Gasteiger partial charge in [-0.1, -0.05) is 0 Å². The van der Waals surface area contributed by atoms with E-state index in [1.165, 1.54) is 0 Å². The van der Waals surface area contributed by atoms with Crippen LogP contribution in [-0.2, 0) is 0 Å². The summed E-state index contributed by atoms with van der Waals surface area (Å²) in [5, 5.41) is 12.1. The first-order chi connectivity index (χ1) is 9.30. The molecule has 2 rings (SSSR count). The van der Waals surface area contributed by atoms with Crippen molar-refractivity contribution in [2.75, 3.05) is 33.6 Å². The van der Waals surface area contributed by atoms with E-state index in [4.69, 9.17) is 25.1 Å². The van der Waals surface area contributed by atoms with E-state index < -0.39 is 0 Å². The molecule has 0 bridgehead atoms. The Kier molecular flexibility index (Phi) is 4.84. The van der Waals surface area contributed by atoms with E-state index >= 15 is 0 Å². The van der Waals surface area contributed by atoms with Gasteiger partial charge in [-0.05, 0) is 30.7 Å². The van der Waals surface area contributed by atoms with Crippen molar-refractivity contribution in [3.63, 3.8) is 0 Å². The molecule has 4 N–H and O–H groups in total. The number of methoxy groups -OCH3 is 1. The van der Waals surface area contributed by atoms with Gasteiger partial charge in [-0.25, -0.2) is 0 Å². The highest BCUT2D eigenvalue weighted by molar-refractivity contribution is 5.55. The number of hydrogen-bond acceptors (Lipinski definition) is 6. The first kappa shape index (κ1) is 13.9. The van der Waals surface area contributed by atoms with Gasteiger partial charge in [0.2, 0.25) is 12.5 Å². The number of nitrogens with one attached hydrogen (secondary N) is 1. The molecule has 1 aromatic carbocycles. The number of benzene rings is 1. The third-order valence-electron chi connectivity index (χ3n) is 3.04. The Hall–Kier alpha value is -1.50. The molecule has 0 aromatic heterocycles. The molecule has 6 nitrogen and oxygen atoms in total. The monoisotopic (exact) mass is 268 g/mol. The first-order valence-electron chi connectivity index (χ1n) is 6.32. The molecule has 0 fully saturated rings. The summed E-state index contributed by atoms with van der Waals surface area (Å²) in [6.45, 7) is 1.53. The maximum absolute atomic E-state index is 8.80. The molecule has 0 aliphatic carbocycles. The van der Waals surface area contributed by atoms with Crippen LogP contribution in [0.5, 0.6) is 17.2 Å². The van der Waals surface area contributed by atoms with E-state index in [9.17, 15) is 0 Å². The van der Waals surface area contributed by atoms with Crippen molar-refractivity contribution in [3.8, 4) is 17.2 Å². The molecule has 0 saturated heterocycles. The van der Waals surface area contributed by atoms with E-state index in [0.717, 1.165) is 5.56 Å². The second-order valence-corrected chi connectivity index (χ2v) is 4.28. The van der Waals surface area contributed by atoms with Crippen molar-refractivity contribution in [1.29, 1.82) is 0 Å². The normalized spacial score (nSPS) is 14.5. The second-order valence-electron chi connectivity index (χ2n) is 4.28. The van der Waals surface area contributed by atoms with E-state index in [2.05, 4.69) is 5.32 Å². The first-order valence-corrected chi connectivity index (χ1v) is 6.32. The largest absolute Gasteiger partial charge is 0.493 e. The van der Waals surface area contributed by atoms with E-state index in [-0.39, 0.29) is 19.4 Å². The van der Waals surface area contributed by atoms with Gasteiger partial charge in [0.25, 0.3) is 0 Å². The summed E-state index contributed by atoms with van der Waals surface area (Å²) in [6.07, 6.45) is 0.693. The van der Waals surface area contributed by atoms with Gasteiger partial charge in [-0.3, -0.25) is 0 Å². The average molecular weight is 268 g/mol. The lowest BCUT2D eigenvalue weighted by atomic mass is 10.1. The molecule has 1 atom stereocenters. The zero-order chi connectivity index (χ0) is 13.7. The molecule has 106 valence electrons. The van der Waals surface area contributed by atoms with Crippen LogP contribution in [0.2, 0.25) is 0 Å². The Balaban J connectivity index is 2.18. The zero-order valence-electron chi connectivity index (χ0n) is 11.0. The molecule has 1 unspecified atom stereocenters. The Morgan fingerprint density at radius 3 is 3.00 bits per heavy atom. The van der Waals surface area contributed by atoms with Crippen molar-refractivity contribution in [2.24, 2.45) is 5.73 Å². The van der Waals surface area contributed by atoms with Crippen molar-refractivity contribution >= 4 is 0 Å². The van der Waals surface area contributed by atoms with Crippen LogP contribution in [-0.4, -0.2) is 38.7 Å². The molecule has 6 heteroatoms. The Bertz CT molecular complexity index is 425. The fourth-order valence-corrected chi connectivity index (χ4v) is 2.04. The van der Waals surface area contributed by atoms with Crippen LogP contribution < -0.4 is 25.3 Å². The van der Waals surface area contributed by atoms with Gasteiger partial charge in [-0.15, -0.1) is 0 Å². The molecule has 19 heavy (non-hydrogen) atoms. The van der Waals surface area contributed by atoms with Crippen LogP contribution >= 0.6 is 0 Å². The summed E-state index contributed by atoms with van der Waals surface area (Å²) in [4.78, 5) is 0. The summed E-state index contributed by atoms with van der Waals surface area (Å²) < 4.78 is 16.1. The van der Waals surface area contributed by atoms with Crippen molar-refractivity contribution in [2.45, 2.75) is 12.5 Å². The quantitative estimate of drug-likeness (QED) is 0.620. The minimum atomic E-state index is -0.00468. The number of aliphatic hydroxyl groups is 1. The lowest BCUT2D eigenvalue weighted by molar-refractivity contribution is 0.171. The van der Waals surface area contributed by atoms with Gasteiger partial charge in [-0.2, -0.15) is 0 Å². The molecule has 1 aromatic rings. The van der Waals surface area contributed by atoms with Gasteiger partial charge in [0.05, 0.1) is 7.11 Å². The van der Waals surface area contributed by atoms with Gasteiger partial charge >= 0.3 is 0 Å². The highest BCUT2D eigenvalue weighted by Crippen LogP contribution is 2.42. The van der Waals surface area contributed by atoms with Crippen LogP contribution in [0.25, 0.3) is 0 Å². The lowest BCUT2D eigenvalue weighted by Gasteiger charge is -2.18. The number of nitrogens with two attached hydrogens (primary N) is 1. The minimum absolute atomic E-state index is 0.00468. The number of hydrogen-bond donors (Lipinski definition) is 3. The van der Waals surface area contributed by atoms with E-state index in [1.807, 2.05) is 12.1 Å². The van der Waals surface area contributed by atoms with E-state index in [1.54, 1.807) is 7.11 Å². The maximum Gasteiger partial charge on any atom is 0.231 e. The van der Waals surface area contributed by atoms with Crippen molar-refractivity contribution < 1.29 is 19.3 Å². The van der Waals surface area contributed by atoms with Gasteiger partial charge < -0.3 is 30.4 Å². The fourth-order valence-electron chi connectivity index (χ4n) is 2.04. The molecule has 1 aliphatic rings. The predicted molar refractivity (Wildman–Crippen MR) is 70.6 cm³/mol. The van der Waals surface area contributed by atoms with Crippen LogP contribution in [0.1, 0.15) is 18.0 Å². The van der Waals surface area contributed by atoms with Crippen LogP contribution in [0.15, 0.2) is 12.1 Å². The van der Waals surface area contributed by atoms with Crippen LogP contribution in [0.4, 0.5) is 0 Å². The highest BCUT2D eigenvalue weighted by Gasteiger charge is 2.22. The summed E-state index contributed by atoms with van der Waals surface area (Å²) in [5.41, 5.74) is 6.77. The lowest BCUT2D eigenvalue weighted by Crippen LogP contribution is -2.29. The predicted octanol–water partition coefficient (Wildman–Crippen LogP) is 0.396. The minimum Gasteiger partial charge on any atom is -0.493 e. The van der Waals surface area contributed by atoms with E-state index in [0.29, 0.717) is 36.8 Å². The number of rotatable bonds is 7. The Morgan fingerprint density at radius 2 is 2.32 bits per heavy atom. The molecule has 1 aliphatic heterocycles. The van der Waals surface area contributed by atoms with Crippen molar-refractivity contribution in [1.82, 2.24) is 5.32 Å². The molecular weight excluding hydrogens is 248 g/mol. The molecule has 0 radical (unpaired) electrons. The molecular formula is C13H20N2O4. The SMILES string of the molecule is COc1cc(C(CN)NCCCO)cc2c1OCO2. The smallest absolute Gasteiger partial charge is 0.231 e. The third-order valence-corrected chi connectivity index (χ3v) is 3.04. The molecule has 0 amide bonds. The van der Waals surface area contributed by atoms with Gasteiger partial charge in [0.15, 0.2) is 11.5 Å². The zero-order valence-corrected chi connectivity index (χ0v) is 11.0. The number of fused-ring (bicyclic) bond motifs is 1. The number of aliphatic hydroxyl groups excluding tert-OH is 1. The van der Waals surface area contributed by atoms with Gasteiger partial charge in [0.1, 0.15) is 0 Å². The summed E-state index contributed by atoms with van der Waals surface area (Å²) in [6, 6.07) is 3.81. The molecule has 1 heterocycles. The number of ether oxygens (including phenoxy) is 3. The summed E-state index contributed by atoms with van der Waals surface area (Å²) in [7, 11) is 1.59. The van der Waals surface area contributed by atoms with Crippen LogP contribution in [0, 0.1) is 0 Å². The molecule has 0 spiro atoms. The second kappa shape index (κ2) is 6.60. The molecule has 0 saturated carbocycles. The Morgan fingerprint density at radius 1 is 1.47 bits per heavy atom. The van der Waals surface area contributed by atoms with Crippen molar-refractivity contribution in [3.05, 3.63) is 17.7 Å². The van der Waals surface area contributed by atoms with Crippen LogP contribution in [0.3, 0.4) is 0 Å². The van der Waals surface area contributed by atoms with Gasteiger partial charge in [0, 0.05) is 19.2 Å². The standard InChI is InChI=1S/C13H20N2O4/c1-17-11-5-9(6-12-13(11)19-8-18-12)10(7-14)15-3-2-4-16/h5-6,10,15-16H,2-4,7-8,14H2,1H3. The average Bonchev–Trinajstić information content (AvgIpc) is 2.91. The summed E-state index contributed by atoms with van der Waals surface area (Å²) in [5.74, 6) is 1.96. The maximum atomic E-state index is 8.80. The topological polar surface area (TPSA) is 86.0 Å². The summed E-state index contributed by atoms with van der Waals surface area (Å²) >= 11 is 0. The fraction of sp³-hybridized carbons (Fsp3) is 0.538.